The summed E-state index contributed by atoms with van der Waals surface area (Å²) in [7, 11) is 2.24. The molecule has 1 spiro atoms. The van der Waals surface area contributed by atoms with Gasteiger partial charge >= 0.3 is 0 Å². The quantitative estimate of drug-likeness (QED) is 0.619. The maximum Gasteiger partial charge on any atom is 0.293 e. The van der Waals surface area contributed by atoms with E-state index in [2.05, 4.69) is 31.5 Å². The van der Waals surface area contributed by atoms with Crippen LogP contribution in [0.4, 0.5) is 10.2 Å². The van der Waals surface area contributed by atoms with E-state index in [-0.39, 0.29) is 5.82 Å². The van der Waals surface area contributed by atoms with Crippen molar-refractivity contribution in [2.24, 2.45) is 5.41 Å². The van der Waals surface area contributed by atoms with Gasteiger partial charge in [-0.2, -0.15) is 0 Å². The molecule has 7 heteroatoms. The maximum atomic E-state index is 14.6. The molecule has 0 amide bonds. The van der Waals surface area contributed by atoms with Crippen LogP contribution in [0.25, 0.3) is 11.1 Å². The van der Waals surface area contributed by atoms with Crippen LogP contribution in [-0.2, 0) is 9.53 Å². The fraction of sp³-hybridized carbons (Fsp3) is 0.556. The smallest absolute Gasteiger partial charge is 0.293 e. The van der Waals surface area contributed by atoms with Gasteiger partial charge in [0.25, 0.3) is 6.47 Å². The van der Waals surface area contributed by atoms with Crippen LogP contribution in [0.5, 0.6) is 0 Å². The number of halogens is 1. The van der Waals surface area contributed by atoms with Crippen molar-refractivity contribution >= 4 is 12.3 Å². The molecule has 2 aliphatic heterocycles. The molecule has 1 unspecified atom stereocenters. The largest absolute Gasteiger partial charge is 0.468 e. The molecule has 1 aromatic carbocycles. The zero-order chi connectivity index (χ0) is 24.1. The van der Waals surface area contributed by atoms with E-state index in [1.54, 1.807) is 19.1 Å². The lowest BCUT2D eigenvalue weighted by Gasteiger charge is -2.47. The summed E-state index contributed by atoms with van der Waals surface area (Å²) in [6.45, 7) is 11.3. The number of hydrogen-bond donors (Lipinski definition) is 0. The molecule has 1 aliphatic carbocycles. The van der Waals surface area contributed by atoms with E-state index in [0.29, 0.717) is 24.1 Å². The number of rotatable bonds is 5. The molecule has 6 nitrogen and oxygen atoms in total. The van der Waals surface area contributed by atoms with E-state index in [1.165, 1.54) is 32.4 Å². The first-order valence-electron chi connectivity index (χ1n) is 12.4. The van der Waals surface area contributed by atoms with Gasteiger partial charge in [0.05, 0.1) is 6.61 Å². The number of aryl methyl sites for hydroxylation is 1. The van der Waals surface area contributed by atoms with Crippen molar-refractivity contribution in [1.82, 2.24) is 14.8 Å². The average Bonchev–Trinajstić information content (AvgIpc) is 3.26. The number of pyridine rings is 1. The minimum Gasteiger partial charge on any atom is -0.468 e. The molecule has 0 bridgehead atoms. The second-order valence-electron chi connectivity index (χ2n) is 9.95. The lowest BCUT2D eigenvalue weighted by atomic mass is 9.78. The minimum absolute atomic E-state index is 0.167. The Bertz CT molecular complexity index is 951. The fourth-order valence-electron chi connectivity index (χ4n) is 6.06. The Hall–Kier alpha value is -2.51. The summed E-state index contributed by atoms with van der Waals surface area (Å²) in [5.41, 5.74) is 3.16. The third-order valence-electron chi connectivity index (χ3n) is 7.53. The standard InChI is InChI=1S/C24H31FN4.C3H6O2/c1-18-5-3-7-21(25)22(18)20-6-4-10-26-23(20)29-13-11-28(12-14-29)19-8-9-24(15-19)16-27(2)17-24;1-2-5-3-4/h3-7,10,19H,8-9,11-17H2,1-2H3;3H,2H2,1H3. The Kier molecular flexibility index (Phi) is 7.84. The Balaban J connectivity index is 0.000000499. The molecular weight excluding hydrogens is 431 g/mol. The lowest BCUT2D eigenvalue weighted by Crippen LogP contribution is -2.54. The van der Waals surface area contributed by atoms with E-state index >= 15 is 0 Å². The first-order valence-corrected chi connectivity index (χ1v) is 12.4. The molecule has 3 aliphatic rings. The number of nitrogens with zero attached hydrogens (tertiary/aromatic N) is 4. The summed E-state index contributed by atoms with van der Waals surface area (Å²) >= 11 is 0. The van der Waals surface area contributed by atoms with Crippen LogP contribution in [0.2, 0.25) is 0 Å². The summed E-state index contributed by atoms with van der Waals surface area (Å²) in [4.78, 5) is 21.3. The van der Waals surface area contributed by atoms with Gasteiger partial charge in [0.1, 0.15) is 11.6 Å². The van der Waals surface area contributed by atoms with Crippen LogP contribution in [0.3, 0.4) is 0 Å². The molecular formula is C27H37FN4O2. The minimum atomic E-state index is -0.167. The van der Waals surface area contributed by atoms with E-state index in [0.717, 1.165) is 49.2 Å². The summed E-state index contributed by atoms with van der Waals surface area (Å²) in [5.74, 6) is 0.753. The van der Waals surface area contributed by atoms with Gasteiger partial charge < -0.3 is 14.5 Å². The number of likely N-dealkylation sites (tertiary alicyclic amines) is 1. The van der Waals surface area contributed by atoms with Gasteiger partial charge in [-0.25, -0.2) is 9.37 Å². The Labute approximate surface area is 202 Å². The predicted molar refractivity (Wildman–Crippen MR) is 133 cm³/mol. The SMILES string of the molecule is CCOC=O.Cc1cccc(F)c1-c1cccnc1N1CCN(C2CCC3(C2)CN(C)C3)CC1. The predicted octanol–water partition coefficient (Wildman–Crippen LogP) is 3.98. The highest BCUT2D eigenvalue weighted by Crippen LogP contribution is 2.46. The molecule has 5 rings (SSSR count). The molecule has 3 heterocycles. The molecule has 3 fully saturated rings. The molecule has 1 saturated carbocycles. The van der Waals surface area contributed by atoms with Crippen LogP contribution in [-0.4, -0.2) is 80.2 Å². The third-order valence-corrected chi connectivity index (χ3v) is 7.53. The number of carbonyl (C=O) groups is 1. The van der Waals surface area contributed by atoms with Gasteiger partial charge in [-0.1, -0.05) is 12.1 Å². The lowest BCUT2D eigenvalue weighted by molar-refractivity contribution is -0.128. The van der Waals surface area contributed by atoms with Crippen molar-refractivity contribution in [3.8, 4) is 11.1 Å². The normalized spacial score (nSPS) is 22.1. The molecule has 1 aromatic heterocycles. The number of piperazine rings is 1. The van der Waals surface area contributed by atoms with Crippen LogP contribution < -0.4 is 4.90 Å². The molecule has 2 saturated heterocycles. The fourth-order valence-corrected chi connectivity index (χ4v) is 6.06. The van der Waals surface area contributed by atoms with E-state index in [1.807, 2.05) is 31.3 Å². The molecule has 2 aromatic rings. The van der Waals surface area contributed by atoms with Gasteiger partial charge in [0.15, 0.2) is 0 Å². The molecule has 0 N–H and O–H groups in total. The first kappa shape index (κ1) is 24.6. The summed E-state index contributed by atoms with van der Waals surface area (Å²) in [6.07, 6.45) is 5.92. The van der Waals surface area contributed by atoms with Gasteiger partial charge in [-0.05, 0) is 69.3 Å². The molecule has 184 valence electrons. The molecule has 1 atom stereocenters. The number of aromatic nitrogens is 1. The number of carbonyl (C=O) groups excluding carboxylic acids is 1. The highest BCUT2D eigenvalue weighted by Gasteiger charge is 2.48. The van der Waals surface area contributed by atoms with Gasteiger partial charge in [0, 0.05) is 62.6 Å². The van der Waals surface area contributed by atoms with Crippen molar-refractivity contribution in [3.63, 3.8) is 0 Å². The first-order chi connectivity index (χ1) is 16.5. The molecule has 34 heavy (non-hydrogen) atoms. The van der Waals surface area contributed by atoms with Crippen molar-refractivity contribution in [3.05, 3.63) is 47.9 Å². The van der Waals surface area contributed by atoms with Crippen LogP contribution in [0.1, 0.15) is 31.7 Å². The van der Waals surface area contributed by atoms with E-state index in [4.69, 9.17) is 0 Å². The number of ether oxygens (including phenoxy) is 1. The van der Waals surface area contributed by atoms with Crippen molar-refractivity contribution in [2.45, 2.75) is 39.2 Å². The number of benzene rings is 1. The van der Waals surface area contributed by atoms with Crippen LogP contribution in [0, 0.1) is 18.2 Å². The van der Waals surface area contributed by atoms with E-state index < -0.39 is 0 Å². The topological polar surface area (TPSA) is 48.9 Å². The summed E-state index contributed by atoms with van der Waals surface area (Å²) < 4.78 is 18.8. The average molecular weight is 469 g/mol. The molecule has 0 radical (unpaired) electrons. The van der Waals surface area contributed by atoms with Gasteiger partial charge in [-0.3, -0.25) is 9.69 Å². The Morgan fingerprint density at radius 2 is 1.94 bits per heavy atom. The van der Waals surface area contributed by atoms with Crippen molar-refractivity contribution in [2.75, 3.05) is 57.8 Å². The second-order valence-corrected chi connectivity index (χ2v) is 9.95. The van der Waals surface area contributed by atoms with Crippen molar-refractivity contribution in [1.29, 1.82) is 0 Å². The van der Waals surface area contributed by atoms with Crippen LogP contribution in [0.15, 0.2) is 36.5 Å². The summed E-state index contributed by atoms with van der Waals surface area (Å²) in [5, 5.41) is 0. The number of hydrogen-bond acceptors (Lipinski definition) is 6. The highest BCUT2D eigenvalue weighted by molar-refractivity contribution is 5.78. The maximum absolute atomic E-state index is 14.6. The highest BCUT2D eigenvalue weighted by atomic mass is 19.1. The van der Waals surface area contributed by atoms with Gasteiger partial charge in [0.2, 0.25) is 0 Å². The van der Waals surface area contributed by atoms with Crippen molar-refractivity contribution < 1.29 is 13.9 Å². The second kappa shape index (κ2) is 10.8. The number of anilines is 1. The van der Waals surface area contributed by atoms with E-state index in [9.17, 15) is 9.18 Å². The van der Waals surface area contributed by atoms with Crippen LogP contribution >= 0.6 is 0 Å². The zero-order valence-corrected chi connectivity index (χ0v) is 20.7. The zero-order valence-electron chi connectivity index (χ0n) is 20.7. The summed E-state index contributed by atoms with van der Waals surface area (Å²) in [6, 6.07) is 9.95. The Morgan fingerprint density at radius 1 is 1.18 bits per heavy atom. The van der Waals surface area contributed by atoms with Gasteiger partial charge in [-0.15, -0.1) is 0 Å². The monoisotopic (exact) mass is 468 g/mol. The third kappa shape index (κ3) is 5.26. The Morgan fingerprint density at radius 3 is 2.56 bits per heavy atom.